The molecule has 0 spiro atoms. The molecule has 3 aromatic rings. The lowest BCUT2D eigenvalue weighted by atomic mass is 9.82. The zero-order valence-corrected chi connectivity index (χ0v) is 23.8. The second-order valence-electron chi connectivity index (χ2n) is 9.47. The predicted molar refractivity (Wildman–Crippen MR) is 159 cm³/mol. The van der Waals surface area contributed by atoms with E-state index in [0.717, 1.165) is 57.7 Å². The normalized spacial score (nSPS) is 17.6. The van der Waals surface area contributed by atoms with Gasteiger partial charge < -0.3 is 9.64 Å². The molecule has 1 heterocycles. The van der Waals surface area contributed by atoms with E-state index in [4.69, 9.17) is 4.74 Å². The molecular formula is C34H46N2O2. The average Bonchev–Trinajstić information content (AvgIpc) is 3.01. The monoisotopic (exact) mass is 514 g/mol. The standard InChI is InChI=1S/C30H34N2O2.2C2H6/c33-29-27(16-15-24-9-7-8-14-28(24)29)23-32-19-17-31(18-20-32)21-22-34-30(25-10-3-1-4-11-25)26-12-5-2-6-13-26;2*1-2/h1-14,27,30H,15-23H2;2*1-2H3. The lowest BCUT2D eigenvalue weighted by molar-refractivity contribution is 0.0422. The van der Waals surface area contributed by atoms with Crippen LogP contribution < -0.4 is 0 Å². The van der Waals surface area contributed by atoms with Crippen LogP contribution in [0.5, 0.6) is 0 Å². The molecule has 0 amide bonds. The van der Waals surface area contributed by atoms with Gasteiger partial charge in [0.25, 0.3) is 0 Å². The maximum absolute atomic E-state index is 12.9. The molecule has 4 nitrogen and oxygen atoms in total. The van der Waals surface area contributed by atoms with Gasteiger partial charge >= 0.3 is 0 Å². The Labute approximate surface area is 230 Å². The molecule has 0 radical (unpaired) electrons. The van der Waals surface area contributed by atoms with Crippen LogP contribution in [0.25, 0.3) is 0 Å². The summed E-state index contributed by atoms with van der Waals surface area (Å²) in [4.78, 5) is 17.9. The highest BCUT2D eigenvalue weighted by Crippen LogP contribution is 2.27. The van der Waals surface area contributed by atoms with Gasteiger partial charge in [-0.1, -0.05) is 113 Å². The highest BCUT2D eigenvalue weighted by Gasteiger charge is 2.29. The molecule has 1 atom stereocenters. The molecule has 204 valence electrons. The summed E-state index contributed by atoms with van der Waals surface area (Å²) in [6.45, 7) is 14.6. The number of Topliss-reactive ketones (excluding diaryl/α,β-unsaturated/α-hetero) is 1. The first-order chi connectivity index (χ1) is 18.8. The molecule has 1 unspecified atom stereocenters. The van der Waals surface area contributed by atoms with E-state index in [-0.39, 0.29) is 12.0 Å². The number of rotatable bonds is 8. The van der Waals surface area contributed by atoms with Crippen LogP contribution in [0.15, 0.2) is 84.9 Å². The van der Waals surface area contributed by atoms with Crippen molar-refractivity contribution in [1.82, 2.24) is 9.80 Å². The molecule has 1 aliphatic heterocycles. The highest BCUT2D eigenvalue weighted by molar-refractivity contribution is 6.00. The van der Waals surface area contributed by atoms with Crippen LogP contribution in [0, 0.1) is 5.92 Å². The zero-order chi connectivity index (χ0) is 27.2. The van der Waals surface area contributed by atoms with E-state index < -0.39 is 0 Å². The fourth-order valence-corrected chi connectivity index (χ4v) is 5.28. The Morgan fingerprint density at radius 1 is 0.737 bits per heavy atom. The lowest BCUT2D eigenvalue weighted by Crippen LogP contribution is -2.49. The van der Waals surface area contributed by atoms with E-state index in [1.54, 1.807) is 0 Å². The minimum Gasteiger partial charge on any atom is -0.367 e. The summed E-state index contributed by atoms with van der Waals surface area (Å²) in [5.74, 6) is 0.479. The van der Waals surface area contributed by atoms with Gasteiger partial charge in [0, 0.05) is 50.7 Å². The average molecular weight is 515 g/mol. The van der Waals surface area contributed by atoms with E-state index >= 15 is 0 Å². The number of carbonyl (C=O) groups is 1. The first-order valence-electron chi connectivity index (χ1n) is 14.6. The number of benzene rings is 3. The first-order valence-corrected chi connectivity index (χ1v) is 14.6. The number of nitrogens with zero attached hydrogens (tertiary/aromatic N) is 2. The van der Waals surface area contributed by atoms with E-state index in [9.17, 15) is 4.79 Å². The molecule has 5 rings (SSSR count). The Morgan fingerprint density at radius 3 is 1.87 bits per heavy atom. The van der Waals surface area contributed by atoms with E-state index in [1.165, 1.54) is 16.7 Å². The molecule has 1 aliphatic carbocycles. The molecule has 4 heteroatoms. The van der Waals surface area contributed by atoms with Gasteiger partial charge in [-0.3, -0.25) is 9.69 Å². The second-order valence-corrected chi connectivity index (χ2v) is 9.47. The van der Waals surface area contributed by atoms with E-state index in [1.807, 2.05) is 58.0 Å². The molecule has 0 aromatic heterocycles. The van der Waals surface area contributed by atoms with Crippen LogP contribution in [-0.2, 0) is 11.2 Å². The Kier molecular flexibility index (Phi) is 12.7. The van der Waals surface area contributed by atoms with Crippen LogP contribution in [0.4, 0.5) is 0 Å². The highest BCUT2D eigenvalue weighted by atomic mass is 16.5. The van der Waals surface area contributed by atoms with Crippen molar-refractivity contribution < 1.29 is 9.53 Å². The molecule has 2 aliphatic rings. The number of ketones is 1. The van der Waals surface area contributed by atoms with Gasteiger partial charge in [0.2, 0.25) is 0 Å². The number of aryl methyl sites for hydroxylation is 1. The van der Waals surface area contributed by atoms with Crippen molar-refractivity contribution >= 4 is 5.78 Å². The minimum absolute atomic E-state index is 0.0381. The third-order valence-corrected chi connectivity index (χ3v) is 7.26. The molecule has 0 saturated carbocycles. The summed E-state index contributed by atoms with van der Waals surface area (Å²) in [7, 11) is 0. The fourth-order valence-electron chi connectivity index (χ4n) is 5.28. The van der Waals surface area contributed by atoms with Gasteiger partial charge in [-0.15, -0.1) is 0 Å². The van der Waals surface area contributed by atoms with Crippen molar-refractivity contribution in [3.63, 3.8) is 0 Å². The largest absolute Gasteiger partial charge is 0.367 e. The van der Waals surface area contributed by atoms with Crippen LogP contribution >= 0.6 is 0 Å². The van der Waals surface area contributed by atoms with Gasteiger partial charge in [0.1, 0.15) is 6.10 Å². The second kappa shape index (κ2) is 16.2. The minimum atomic E-state index is -0.0381. The van der Waals surface area contributed by atoms with Crippen molar-refractivity contribution in [3.8, 4) is 0 Å². The topological polar surface area (TPSA) is 32.8 Å². The number of carbonyl (C=O) groups excluding carboxylic acids is 1. The summed E-state index contributed by atoms with van der Waals surface area (Å²) in [5, 5.41) is 0. The van der Waals surface area contributed by atoms with Crippen LogP contribution in [0.1, 0.15) is 67.3 Å². The predicted octanol–water partition coefficient (Wildman–Crippen LogP) is 6.91. The van der Waals surface area contributed by atoms with Crippen molar-refractivity contribution in [3.05, 3.63) is 107 Å². The van der Waals surface area contributed by atoms with Gasteiger partial charge in [0.05, 0.1) is 6.61 Å². The molecule has 0 bridgehead atoms. The summed E-state index contributed by atoms with van der Waals surface area (Å²) in [5.41, 5.74) is 4.55. The van der Waals surface area contributed by atoms with Crippen molar-refractivity contribution in [2.75, 3.05) is 45.9 Å². The number of ether oxygens (including phenoxy) is 1. The molecule has 1 fully saturated rings. The molecule has 0 N–H and O–H groups in total. The van der Waals surface area contributed by atoms with Crippen LogP contribution in [0.3, 0.4) is 0 Å². The number of hydrogen-bond acceptors (Lipinski definition) is 4. The first kappa shape index (κ1) is 29.8. The molecular weight excluding hydrogens is 468 g/mol. The fraction of sp³-hybridized carbons (Fsp3) is 0.441. The van der Waals surface area contributed by atoms with Crippen LogP contribution in [-0.4, -0.2) is 61.5 Å². The van der Waals surface area contributed by atoms with E-state index in [2.05, 4.69) is 64.4 Å². The molecule has 38 heavy (non-hydrogen) atoms. The summed E-state index contributed by atoms with van der Waals surface area (Å²) < 4.78 is 6.41. The summed E-state index contributed by atoms with van der Waals surface area (Å²) in [6, 6.07) is 29.1. The van der Waals surface area contributed by atoms with E-state index in [0.29, 0.717) is 12.4 Å². The van der Waals surface area contributed by atoms with Crippen molar-refractivity contribution in [2.45, 2.75) is 46.6 Å². The number of piperazine rings is 1. The number of fused-ring (bicyclic) bond motifs is 1. The Balaban J connectivity index is 0.000000956. The lowest BCUT2D eigenvalue weighted by Gasteiger charge is -2.37. The van der Waals surface area contributed by atoms with Crippen LogP contribution in [0.2, 0.25) is 0 Å². The Hall–Kier alpha value is -2.79. The van der Waals surface area contributed by atoms with Crippen molar-refractivity contribution in [2.24, 2.45) is 5.92 Å². The maximum Gasteiger partial charge on any atom is 0.167 e. The molecule has 3 aromatic carbocycles. The van der Waals surface area contributed by atoms with Gasteiger partial charge in [-0.2, -0.15) is 0 Å². The third kappa shape index (κ3) is 8.10. The summed E-state index contributed by atoms with van der Waals surface area (Å²) in [6.07, 6.45) is 1.96. The molecule has 1 saturated heterocycles. The van der Waals surface area contributed by atoms with Gasteiger partial charge in [0.15, 0.2) is 5.78 Å². The Morgan fingerprint density at radius 2 is 1.26 bits per heavy atom. The maximum atomic E-state index is 12.9. The third-order valence-electron chi connectivity index (χ3n) is 7.26. The number of hydrogen-bond donors (Lipinski definition) is 0. The van der Waals surface area contributed by atoms with Gasteiger partial charge in [-0.05, 0) is 29.5 Å². The SMILES string of the molecule is CC.CC.O=C1c2ccccc2CCC1CN1CCN(CCOC(c2ccccc2)c2ccccc2)CC1. The quantitative estimate of drug-likeness (QED) is 0.327. The summed E-state index contributed by atoms with van der Waals surface area (Å²) >= 11 is 0. The van der Waals surface area contributed by atoms with Gasteiger partial charge in [-0.25, -0.2) is 0 Å². The smallest absolute Gasteiger partial charge is 0.167 e. The Bertz CT molecular complexity index is 1020. The van der Waals surface area contributed by atoms with Crippen molar-refractivity contribution in [1.29, 1.82) is 0 Å². The zero-order valence-electron chi connectivity index (χ0n) is 23.8.